The van der Waals surface area contributed by atoms with Gasteiger partial charge in [-0.15, -0.1) is 0 Å². The summed E-state index contributed by atoms with van der Waals surface area (Å²) in [6.07, 6.45) is 0. The number of nitrogens with one attached hydrogen (secondary N) is 1. The van der Waals surface area contributed by atoms with Gasteiger partial charge in [-0.25, -0.2) is 17.6 Å². The highest BCUT2D eigenvalue weighted by molar-refractivity contribution is 5.94. The number of carbonyl (C=O) groups is 1. The lowest BCUT2D eigenvalue weighted by Crippen LogP contribution is -2.35. The molecule has 94 valence electrons. The summed E-state index contributed by atoms with van der Waals surface area (Å²) in [6, 6.07) is -0.467. The van der Waals surface area contributed by atoms with Crippen LogP contribution in [0, 0.1) is 23.3 Å². The van der Waals surface area contributed by atoms with Gasteiger partial charge in [-0.3, -0.25) is 4.79 Å². The maximum Gasteiger partial charge on any atom is 0.254 e. The first kappa shape index (κ1) is 13.4. The molecule has 1 aromatic carbocycles. The summed E-state index contributed by atoms with van der Waals surface area (Å²) in [6.45, 7) is 0.964. The summed E-state index contributed by atoms with van der Waals surface area (Å²) in [4.78, 5) is 11.3. The summed E-state index contributed by atoms with van der Waals surface area (Å²) in [5.74, 6) is -8.60. The summed E-state index contributed by atoms with van der Waals surface area (Å²) < 4.78 is 51.3. The van der Waals surface area contributed by atoms with E-state index in [4.69, 9.17) is 5.11 Å². The fourth-order valence-corrected chi connectivity index (χ4v) is 1.09. The summed E-state index contributed by atoms with van der Waals surface area (Å²) in [7, 11) is 0. The number of aliphatic hydroxyl groups is 1. The van der Waals surface area contributed by atoms with Crippen molar-refractivity contribution in [3.63, 3.8) is 0 Å². The standard InChI is InChI=1S/C10H9F4NO2/c1-4(3-16)15-10(17)5-2-6(11)8(13)9(14)7(5)12/h2,4,16H,3H2,1H3,(H,15,17)/t4-/m0/s1. The van der Waals surface area contributed by atoms with Crippen molar-refractivity contribution < 1.29 is 27.5 Å². The minimum atomic E-state index is -2.05. The molecule has 0 aliphatic carbocycles. The van der Waals surface area contributed by atoms with Crippen molar-refractivity contribution in [2.45, 2.75) is 13.0 Å². The molecule has 0 saturated heterocycles. The van der Waals surface area contributed by atoms with Crippen molar-refractivity contribution in [3.8, 4) is 0 Å². The minimum absolute atomic E-state index is 0.257. The van der Waals surface area contributed by atoms with Gasteiger partial charge in [-0.05, 0) is 13.0 Å². The highest BCUT2D eigenvalue weighted by Crippen LogP contribution is 2.18. The third kappa shape index (κ3) is 2.73. The van der Waals surface area contributed by atoms with Crippen LogP contribution in [0.15, 0.2) is 6.07 Å². The number of carbonyl (C=O) groups excluding carboxylic acids is 1. The molecule has 0 unspecified atom stereocenters. The number of benzene rings is 1. The van der Waals surface area contributed by atoms with Crippen molar-refractivity contribution in [3.05, 3.63) is 34.9 Å². The Morgan fingerprint density at radius 2 is 1.88 bits per heavy atom. The molecule has 0 spiro atoms. The molecule has 1 aromatic rings. The monoisotopic (exact) mass is 251 g/mol. The average molecular weight is 251 g/mol. The number of hydrogen-bond donors (Lipinski definition) is 2. The zero-order valence-electron chi connectivity index (χ0n) is 8.73. The van der Waals surface area contributed by atoms with E-state index in [9.17, 15) is 22.4 Å². The van der Waals surface area contributed by atoms with E-state index >= 15 is 0 Å². The Balaban J connectivity index is 3.11. The average Bonchev–Trinajstić information content (AvgIpc) is 2.30. The Labute approximate surface area is 94.1 Å². The first-order valence-corrected chi connectivity index (χ1v) is 4.63. The van der Waals surface area contributed by atoms with Gasteiger partial charge in [0.15, 0.2) is 23.3 Å². The Morgan fingerprint density at radius 3 is 2.41 bits per heavy atom. The van der Waals surface area contributed by atoms with Crippen LogP contribution in [-0.4, -0.2) is 23.7 Å². The molecular weight excluding hydrogens is 242 g/mol. The van der Waals surface area contributed by atoms with Crippen molar-refractivity contribution in [1.82, 2.24) is 5.32 Å². The molecule has 0 aromatic heterocycles. The Kier molecular flexibility index (Phi) is 4.06. The van der Waals surface area contributed by atoms with Gasteiger partial charge in [0.1, 0.15) is 0 Å². The highest BCUT2D eigenvalue weighted by atomic mass is 19.2. The van der Waals surface area contributed by atoms with Gasteiger partial charge in [0.2, 0.25) is 0 Å². The Bertz CT molecular complexity index is 450. The lowest BCUT2D eigenvalue weighted by Gasteiger charge is -2.11. The van der Waals surface area contributed by atoms with E-state index in [1.54, 1.807) is 0 Å². The molecule has 1 amide bonds. The zero-order chi connectivity index (χ0) is 13.2. The topological polar surface area (TPSA) is 49.3 Å². The second kappa shape index (κ2) is 5.13. The molecule has 3 nitrogen and oxygen atoms in total. The molecule has 0 aliphatic rings. The number of halogens is 4. The Hall–Kier alpha value is -1.63. The van der Waals surface area contributed by atoms with E-state index in [2.05, 4.69) is 5.32 Å². The van der Waals surface area contributed by atoms with Crippen LogP contribution in [0.5, 0.6) is 0 Å². The van der Waals surface area contributed by atoms with Crippen molar-refractivity contribution >= 4 is 5.91 Å². The molecule has 2 N–H and O–H groups in total. The van der Waals surface area contributed by atoms with Crippen LogP contribution in [0.25, 0.3) is 0 Å². The second-order valence-electron chi connectivity index (χ2n) is 3.40. The highest BCUT2D eigenvalue weighted by Gasteiger charge is 2.23. The zero-order valence-corrected chi connectivity index (χ0v) is 8.73. The van der Waals surface area contributed by atoms with Crippen molar-refractivity contribution in [2.24, 2.45) is 0 Å². The van der Waals surface area contributed by atoms with E-state index in [1.165, 1.54) is 6.92 Å². The summed E-state index contributed by atoms with van der Waals surface area (Å²) in [5, 5.41) is 10.7. The van der Waals surface area contributed by atoms with Crippen LogP contribution in [0.4, 0.5) is 17.6 Å². The smallest absolute Gasteiger partial charge is 0.254 e. The van der Waals surface area contributed by atoms with Gasteiger partial charge in [0.05, 0.1) is 12.2 Å². The maximum absolute atomic E-state index is 13.1. The molecular formula is C10H9F4NO2. The predicted molar refractivity (Wildman–Crippen MR) is 50.3 cm³/mol. The van der Waals surface area contributed by atoms with Crippen molar-refractivity contribution in [1.29, 1.82) is 0 Å². The number of amides is 1. The van der Waals surface area contributed by atoms with Crippen LogP contribution in [0.2, 0.25) is 0 Å². The molecule has 1 atom stereocenters. The summed E-state index contributed by atoms with van der Waals surface area (Å²) in [5.41, 5.74) is -0.957. The second-order valence-corrected chi connectivity index (χ2v) is 3.40. The molecule has 0 bridgehead atoms. The van der Waals surface area contributed by atoms with Gasteiger partial charge in [0, 0.05) is 6.04 Å². The largest absolute Gasteiger partial charge is 0.394 e. The SMILES string of the molecule is C[C@@H](CO)NC(=O)c1cc(F)c(F)c(F)c1F. The van der Waals surface area contributed by atoms with E-state index < -0.39 is 47.4 Å². The van der Waals surface area contributed by atoms with Crippen LogP contribution in [-0.2, 0) is 0 Å². The third-order valence-electron chi connectivity index (χ3n) is 2.00. The normalized spacial score (nSPS) is 12.4. The molecule has 0 fully saturated rings. The van der Waals surface area contributed by atoms with Gasteiger partial charge >= 0.3 is 0 Å². The third-order valence-corrected chi connectivity index (χ3v) is 2.00. The number of aliphatic hydroxyl groups excluding tert-OH is 1. The van der Waals surface area contributed by atoms with E-state index in [1.807, 2.05) is 0 Å². The van der Waals surface area contributed by atoms with E-state index in [0.717, 1.165) is 0 Å². The molecule has 17 heavy (non-hydrogen) atoms. The predicted octanol–water partition coefficient (Wildman–Crippen LogP) is 1.35. The first-order chi connectivity index (χ1) is 7.88. The lowest BCUT2D eigenvalue weighted by atomic mass is 10.1. The maximum atomic E-state index is 13.1. The fraction of sp³-hybridized carbons (Fsp3) is 0.300. The number of hydrogen-bond acceptors (Lipinski definition) is 2. The van der Waals surface area contributed by atoms with Crippen LogP contribution in [0.1, 0.15) is 17.3 Å². The Morgan fingerprint density at radius 1 is 1.29 bits per heavy atom. The van der Waals surface area contributed by atoms with Gasteiger partial charge in [-0.1, -0.05) is 0 Å². The first-order valence-electron chi connectivity index (χ1n) is 4.63. The molecule has 0 heterocycles. The van der Waals surface area contributed by atoms with Crippen molar-refractivity contribution in [2.75, 3.05) is 6.61 Å². The molecule has 0 aliphatic heterocycles. The van der Waals surface area contributed by atoms with Gasteiger partial charge < -0.3 is 10.4 Å². The van der Waals surface area contributed by atoms with Crippen LogP contribution in [0.3, 0.4) is 0 Å². The lowest BCUT2D eigenvalue weighted by molar-refractivity contribution is 0.0916. The molecule has 0 saturated carbocycles. The van der Waals surface area contributed by atoms with E-state index in [0.29, 0.717) is 0 Å². The number of rotatable bonds is 3. The van der Waals surface area contributed by atoms with E-state index in [-0.39, 0.29) is 6.07 Å². The van der Waals surface area contributed by atoms with Crippen LogP contribution < -0.4 is 5.32 Å². The molecule has 1 rings (SSSR count). The fourth-order valence-electron chi connectivity index (χ4n) is 1.09. The van der Waals surface area contributed by atoms with Gasteiger partial charge in [0.25, 0.3) is 5.91 Å². The summed E-state index contributed by atoms with van der Waals surface area (Å²) >= 11 is 0. The van der Waals surface area contributed by atoms with Gasteiger partial charge in [-0.2, -0.15) is 0 Å². The molecule has 0 radical (unpaired) electrons. The quantitative estimate of drug-likeness (QED) is 0.484. The molecule has 7 heteroatoms. The minimum Gasteiger partial charge on any atom is -0.394 e. The van der Waals surface area contributed by atoms with Crippen LogP contribution >= 0.6 is 0 Å².